The van der Waals surface area contributed by atoms with Gasteiger partial charge in [0.25, 0.3) is 0 Å². The second-order valence-corrected chi connectivity index (χ2v) is 2.04. The molecule has 0 bridgehead atoms. The molecule has 1 rings (SSSR count). The largest absolute Gasteiger partial charge is 0.377 e. The predicted octanol–water partition coefficient (Wildman–Crippen LogP) is 0.0505. The Hall–Kier alpha value is 0.170. The van der Waals surface area contributed by atoms with Crippen LogP contribution in [0, 0.1) is 0 Å². The number of nitrogens with one attached hydrogen (secondary N) is 1. The fourth-order valence-electron chi connectivity index (χ4n) is 0.937. The highest BCUT2D eigenvalue weighted by Gasteiger charge is 2.13. The number of hydrazine groups is 1. The Morgan fingerprint density at radius 1 is 1.67 bits per heavy atom. The topological polar surface area (TPSA) is 47.3 Å². The molecule has 0 spiro atoms. The van der Waals surface area contributed by atoms with Gasteiger partial charge in [0.1, 0.15) is 0 Å². The molecule has 56 valence electrons. The van der Waals surface area contributed by atoms with Gasteiger partial charge in [-0.2, -0.15) is 0 Å². The smallest absolute Gasteiger partial charge is 0.0714 e. The minimum atomic E-state index is 0. The summed E-state index contributed by atoms with van der Waals surface area (Å²) in [6.45, 7) is 1.70. The minimum Gasteiger partial charge on any atom is -0.377 e. The van der Waals surface area contributed by atoms with Crippen LogP contribution in [0.25, 0.3) is 0 Å². The van der Waals surface area contributed by atoms with E-state index in [9.17, 15) is 0 Å². The lowest BCUT2D eigenvalue weighted by Gasteiger charge is -2.05. The molecule has 1 atom stereocenters. The van der Waals surface area contributed by atoms with E-state index in [0.29, 0.717) is 6.10 Å². The molecule has 3 nitrogen and oxygen atoms in total. The van der Waals surface area contributed by atoms with Crippen molar-refractivity contribution in [1.29, 1.82) is 0 Å². The van der Waals surface area contributed by atoms with Crippen LogP contribution in [0.4, 0.5) is 0 Å². The van der Waals surface area contributed by atoms with Crippen molar-refractivity contribution in [3.05, 3.63) is 0 Å². The minimum absolute atomic E-state index is 0. The lowest BCUT2D eigenvalue weighted by atomic mass is 10.2. The Morgan fingerprint density at radius 2 is 2.44 bits per heavy atom. The Labute approximate surface area is 61.3 Å². The van der Waals surface area contributed by atoms with Crippen LogP contribution in [0.5, 0.6) is 0 Å². The summed E-state index contributed by atoms with van der Waals surface area (Å²) in [4.78, 5) is 0. The van der Waals surface area contributed by atoms with Gasteiger partial charge in [-0.1, -0.05) is 0 Å². The maximum Gasteiger partial charge on any atom is 0.0714 e. The van der Waals surface area contributed by atoms with Crippen LogP contribution in [0.15, 0.2) is 0 Å². The molecule has 0 amide bonds. The molecule has 1 fully saturated rings. The fraction of sp³-hybridized carbons (Fsp3) is 1.00. The van der Waals surface area contributed by atoms with Gasteiger partial charge in [-0.25, -0.2) is 0 Å². The van der Waals surface area contributed by atoms with Gasteiger partial charge in [-0.3, -0.25) is 11.3 Å². The molecular weight excluding hydrogens is 140 g/mol. The summed E-state index contributed by atoms with van der Waals surface area (Å²) in [5, 5.41) is 0. The van der Waals surface area contributed by atoms with Crippen molar-refractivity contribution in [2.75, 3.05) is 13.2 Å². The molecule has 0 aliphatic carbocycles. The molecule has 1 saturated heterocycles. The Balaban J connectivity index is 0.000000640. The first kappa shape index (κ1) is 9.17. The fourth-order valence-corrected chi connectivity index (χ4v) is 0.937. The molecule has 0 aromatic rings. The van der Waals surface area contributed by atoms with E-state index in [-0.39, 0.29) is 12.4 Å². The maximum absolute atomic E-state index is 5.25. The number of rotatable bonds is 2. The summed E-state index contributed by atoms with van der Waals surface area (Å²) in [7, 11) is 0. The molecule has 0 radical (unpaired) electrons. The van der Waals surface area contributed by atoms with Crippen LogP contribution >= 0.6 is 12.4 Å². The normalized spacial score (nSPS) is 25.7. The van der Waals surface area contributed by atoms with Crippen LogP contribution in [0.3, 0.4) is 0 Å². The summed E-state index contributed by atoms with van der Waals surface area (Å²) in [6, 6.07) is 0. The van der Waals surface area contributed by atoms with E-state index in [0.717, 1.165) is 19.6 Å². The number of ether oxygens (including phenoxy) is 1. The van der Waals surface area contributed by atoms with Gasteiger partial charge >= 0.3 is 0 Å². The van der Waals surface area contributed by atoms with Crippen LogP contribution in [0.1, 0.15) is 12.8 Å². The second-order valence-electron chi connectivity index (χ2n) is 2.04. The molecule has 3 N–H and O–H groups in total. The summed E-state index contributed by atoms with van der Waals surface area (Å²) in [5.74, 6) is 5.08. The summed E-state index contributed by atoms with van der Waals surface area (Å²) in [5.41, 5.74) is 2.58. The standard InChI is InChI=1S/C5H12N2O.ClH/c6-7-4-5-2-1-3-8-5;/h5,7H,1-4,6H2;1H. The van der Waals surface area contributed by atoms with Crippen molar-refractivity contribution in [3.63, 3.8) is 0 Å². The van der Waals surface area contributed by atoms with Gasteiger partial charge in [0, 0.05) is 13.2 Å². The number of halogens is 1. The van der Waals surface area contributed by atoms with Crippen LogP contribution < -0.4 is 11.3 Å². The quantitative estimate of drug-likeness (QED) is 0.434. The van der Waals surface area contributed by atoms with E-state index in [1.807, 2.05) is 0 Å². The zero-order valence-corrected chi connectivity index (χ0v) is 6.12. The second kappa shape index (κ2) is 4.99. The Morgan fingerprint density at radius 3 is 2.89 bits per heavy atom. The van der Waals surface area contributed by atoms with Crippen molar-refractivity contribution < 1.29 is 4.74 Å². The average molecular weight is 153 g/mol. The Kier molecular flexibility index (Phi) is 5.09. The van der Waals surface area contributed by atoms with Gasteiger partial charge in [-0.15, -0.1) is 12.4 Å². The van der Waals surface area contributed by atoms with Gasteiger partial charge < -0.3 is 4.74 Å². The first-order chi connectivity index (χ1) is 3.93. The number of hydrogen-bond acceptors (Lipinski definition) is 3. The van der Waals surface area contributed by atoms with E-state index in [2.05, 4.69) is 5.43 Å². The monoisotopic (exact) mass is 152 g/mol. The van der Waals surface area contributed by atoms with Crippen LogP contribution in [-0.2, 0) is 4.74 Å². The predicted molar refractivity (Wildman–Crippen MR) is 38.4 cm³/mol. The molecule has 0 aromatic carbocycles. The Bertz CT molecular complexity index is 66.0. The third kappa shape index (κ3) is 3.01. The van der Waals surface area contributed by atoms with E-state index in [4.69, 9.17) is 10.6 Å². The number of hydrogen-bond donors (Lipinski definition) is 2. The average Bonchev–Trinajstić information content (AvgIpc) is 2.19. The van der Waals surface area contributed by atoms with Crippen molar-refractivity contribution in [3.8, 4) is 0 Å². The lowest BCUT2D eigenvalue weighted by Crippen LogP contribution is -2.31. The van der Waals surface area contributed by atoms with Gasteiger partial charge in [0.2, 0.25) is 0 Å². The van der Waals surface area contributed by atoms with Crippen molar-refractivity contribution in [1.82, 2.24) is 5.43 Å². The first-order valence-electron chi connectivity index (χ1n) is 2.98. The van der Waals surface area contributed by atoms with Crippen molar-refractivity contribution in [2.24, 2.45) is 5.84 Å². The first-order valence-corrected chi connectivity index (χ1v) is 2.98. The third-order valence-corrected chi connectivity index (χ3v) is 1.37. The highest BCUT2D eigenvalue weighted by molar-refractivity contribution is 5.85. The van der Waals surface area contributed by atoms with E-state index >= 15 is 0 Å². The van der Waals surface area contributed by atoms with Crippen LogP contribution in [-0.4, -0.2) is 19.3 Å². The highest BCUT2D eigenvalue weighted by Crippen LogP contribution is 2.09. The molecule has 0 saturated carbocycles. The zero-order valence-electron chi connectivity index (χ0n) is 5.30. The van der Waals surface area contributed by atoms with Crippen molar-refractivity contribution in [2.45, 2.75) is 18.9 Å². The lowest BCUT2D eigenvalue weighted by molar-refractivity contribution is 0.110. The molecule has 1 aliphatic heterocycles. The van der Waals surface area contributed by atoms with Gasteiger partial charge in [-0.05, 0) is 12.8 Å². The summed E-state index contributed by atoms with van der Waals surface area (Å²) < 4.78 is 5.25. The third-order valence-electron chi connectivity index (χ3n) is 1.37. The van der Waals surface area contributed by atoms with E-state index in [1.165, 1.54) is 6.42 Å². The molecule has 1 heterocycles. The van der Waals surface area contributed by atoms with Crippen molar-refractivity contribution >= 4 is 12.4 Å². The molecule has 9 heavy (non-hydrogen) atoms. The highest BCUT2D eigenvalue weighted by atomic mass is 35.5. The SMILES string of the molecule is Cl.NNCC1CCCO1. The molecular formula is C5H13ClN2O. The van der Waals surface area contributed by atoms with E-state index in [1.54, 1.807) is 0 Å². The summed E-state index contributed by atoms with van der Waals surface area (Å²) in [6.07, 6.45) is 2.72. The van der Waals surface area contributed by atoms with Gasteiger partial charge in [0.05, 0.1) is 6.10 Å². The maximum atomic E-state index is 5.25. The molecule has 4 heteroatoms. The number of nitrogens with two attached hydrogens (primary N) is 1. The van der Waals surface area contributed by atoms with E-state index < -0.39 is 0 Å². The molecule has 1 unspecified atom stereocenters. The summed E-state index contributed by atoms with van der Waals surface area (Å²) >= 11 is 0. The zero-order chi connectivity index (χ0) is 5.82. The van der Waals surface area contributed by atoms with Gasteiger partial charge in [0.15, 0.2) is 0 Å². The van der Waals surface area contributed by atoms with Crippen LogP contribution in [0.2, 0.25) is 0 Å². The molecule has 0 aromatic heterocycles. The molecule has 1 aliphatic rings.